The number of H-pyrrole nitrogens is 1. The number of nitrogens with one attached hydrogen (secondary N) is 1. The van der Waals surface area contributed by atoms with Gasteiger partial charge in [0.15, 0.2) is 0 Å². The molecule has 0 saturated carbocycles. The van der Waals surface area contributed by atoms with Crippen molar-refractivity contribution >= 4 is 0 Å². The van der Waals surface area contributed by atoms with Gasteiger partial charge in [-0.25, -0.2) is 4.98 Å². The van der Waals surface area contributed by atoms with Crippen LogP contribution in [-0.4, -0.2) is 9.97 Å². The van der Waals surface area contributed by atoms with Gasteiger partial charge in [-0.05, 0) is 16.7 Å². The summed E-state index contributed by atoms with van der Waals surface area (Å²) in [7, 11) is 0. The number of terminal acetylenes is 1. The van der Waals surface area contributed by atoms with Gasteiger partial charge in [-0.1, -0.05) is 96.9 Å². The van der Waals surface area contributed by atoms with Crippen LogP contribution in [0.2, 0.25) is 0 Å². The van der Waals surface area contributed by atoms with Crippen molar-refractivity contribution in [3.63, 3.8) is 0 Å². The first kappa shape index (κ1) is 17.8. The lowest BCUT2D eigenvalue weighted by atomic mass is 9.69. The molecule has 0 bridgehead atoms. The van der Waals surface area contributed by atoms with Crippen molar-refractivity contribution in [3.8, 4) is 12.3 Å². The molecule has 0 fully saturated rings. The average Bonchev–Trinajstić information content (AvgIpc) is 3.26. The van der Waals surface area contributed by atoms with E-state index in [-0.39, 0.29) is 0 Å². The zero-order chi connectivity index (χ0) is 19.4. The molecular weight excluding hydrogens is 342 g/mol. The molecule has 3 nitrogen and oxygen atoms in total. The predicted molar refractivity (Wildman–Crippen MR) is 113 cm³/mol. The van der Waals surface area contributed by atoms with Gasteiger partial charge in [0.1, 0.15) is 17.3 Å². The summed E-state index contributed by atoms with van der Waals surface area (Å²) in [5.74, 6) is 3.35. The van der Waals surface area contributed by atoms with E-state index < -0.39 is 11.5 Å². The molecule has 136 valence electrons. The van der Waals surface area contributed by atoms with E-state index in [1.54, 1.807) is 0 Å². The second-order valence-corrected chi connectivity index (χ2v) is 6.67. The van der Waals surface area contributed by atoms with Crippen LogP contribution in [0.3, 0.4) is 0 Å². The highest BCUT2D eigenvalue weighted by Crippen LogP contribution is 2.43. The average molecular weight is 363 g/mol. The number of aromatic nitrogens is 2. The molecule has 3 aromatic carbocycles. The van der Waals surface area contributed by atoms with Crippen molar-refractivity contribution in [2.24, 2.45) is 5.73 Å². The van der Waals surface area contributed by atoms with Crippen LogP contribution < -0.4 is 5.73 Å². The van der Waals surface area contributed by atoms with E-state index in [2.05, 4.69) is 47.3 Å². The Morgan fingerprint density at radius 2 is 1.21 bits per heavy atom. The van der Waals surface area contributed by atoms with Crippen LogP contribution in [0.15, 0.2) is 97.2 Å². The largest absolute Gasteiger partial charge is 0.347 e. The summed E-state index contributed by atoms with van der Waals surface area (Å²) in [6.45, 7) is 0. The molecule has 28 heavy (non-hydrogen) atoms. The minimum atomic E-state index is -0.615. The molecule has 1 heterocycles. The number of hydrogen-bond acceptors (Lipinski definition) is 2. The lowest BCUT2D eigenvalue weighted by Gasteiger charge is -2.34. The molecule has 4 aromatic rings. The maximum absolute atomic E-state index is 6.05. The van der Waals surface area contributed by atoms with Gasteiger partial charge in [0, 0.05) is 6.20 Å². The minimum absolute atomic E-state index is 0.551. The third kappa shape index (κ3) is 2.90. The molecule has 0 aliphatic heterocycles. The van der Waals surface area contributed by atoms with Gasteiger partial charge in [0.2, 0.25) is 0 Å². The van der Waals surface area contributed by atoms with Crippen molar-refractivity contribution in [2.45, 2.75) is 11.5 Å². The first-order valence-corrected chi connectivity index (χ1v) is 9.21. The van der Waals surface area contributed by atoms with Gasteiger partial charge in [0.25, 0.3) is 0 Å². The number of nitrogens with zero attached hydrogens (tertiary/aromatic N) is 1. The van der Waals surface area contributed by atoms with Crippen LogP contribution >= 0.6 is 0 Å². The van der Waals surface area contributed by atoms with E-state index in [0.29, 0.717) is 5.69 Å². The molecule has 3 N–H and O–H groups in total. The Morgan fingerprint density at radius 1 is 0.786 bits per heavy atom. The molecule has 1 atom stereocenters. The predicted octanol–water partition coefficient (Wildman–Crippen LogP) is 4.43. The Morgan fingerprint density at radius 3 is 1.61 bits per heavy atom. The second-order valence-electron chi connectivity index (χ2n) is 6.67. The van der Waals surface area contributed by atoms with Crippen LogP contribution in [0.5, 0.6) is 0 Å². The number of hydrogen-bond donors (Lipinski definition) is 2. The molecule has 1 aromatic heterocycles. The normalized spacial score (nSPS) is 12.3. The minimum Gasteiger partial charge on any atom is -0.347 e. The quantitative estimate of drug-likeness (QED) is 0.407. The standard InChI is InChI=1S/C25H21N3/c1-2-22(26)23-18-27-24(28-23)25(19-12-6-3-7-13-19,20-14-8-4-9-15-20)21-16-10-5-11-17-21/h1,3-18,22H,26H2,(H,27,28). The Kier molecular flexibility index (Phi) is 4.80. The smallest absolute Gasteiger partial charge is 0.126 e. The van der Waals surface area contributed by atoms with Crippen LogP contribution in [0.4, 0.5) is 0 Å². The third-order valence-electron chi connectivity index (χ3n) is 5.07. The fourth-order valence-corrected chi connectivity index (χ4v) is 3.75. The third-order valence-corrected chi connectivity index (χ3v) is 5.07. The number of benzene rings is 3. The van der Waals surface area contributed by atoms with Crippen LogP contribution in [-0.2, 0) is 5.41 Å². The van der Waals surface area contributed by atoms with E-state index in [0.717, 1.165) is 22.5 Å². The fraction of sp³-hybridized carbons (Fsp3) is 0.0800. The summed E-state index contributed by atoms with van der Waals surface area (Å²) in [4.78, 5) is 8.23. The van der Waals surface area contributed by atoms with E-state index in [1.165, 1.54) is 0 Å². The van der Waals surface area contributed by atoms with Crippen molar-refractivity contribution in [1.29, 1.82) is 0 Å². The highest BCUT2D eigenvalue weighted by Gasteiger charge is 2.41. The Hall–Kier alpha value is -3.61. The molecule has 0 amide bonds. The van der Waals surface area contributed by atoms with Gasteiger partial charge in [-0.2, -0.15) is 0 Å². The fourth-order valence-electron chi connectivity index (χ4n) is 3.75. The van der Waals surface area contributed by atoms with Crippen molar-refractivity contribution in [1.82, 2.24) is 9.97 Å². The molecule has 0 aliphatic rings. The Balaban J connectivity index is 2.08. The molecule has 0 saturated heterocycles. The van der Waals surface area contributed by atoms with Gasteiger partial charge in [0.05, 0.1) is 5.69 Å². The van der Waals surface area contributed by atoms with E-state index >= 15 is 0 Å². The van der Waals surface area contributed by atoms with Gasteiger partial charge < -0.3 is 10.7 Å². The van der Waals surface area contributed by atoms with Gasteiger partial charge >= 0.3 is 0 Å². The summed E-state index contributed by atoms with van der Waals surface area (Å²) < 4.78 is 0. The molecule has 0 spiro atoms. The number of nitrogens with two attached hydrogens (primary N) is 1. The summed E-state index contributed by atoms with van der Waals surface area (Å²) >= 11 is 0. The topological polar surface area (TPSA) is 54.7 Å². The van der Waals surface area contributed by atoms with Crippen LogP contribution in [0.25, 0.3) is 0 Å². The summed E-state index contributed by atoms with van der Waals surface area (Å²) in [6, 6.07) is 30.6. The maximum Gasteiger partial charge on any atom is 0.126 e. The van der Waals surface area contributed by atoms with Crippen LogP contribution in [0.1, 0.15) is 34.3 Å². The highest BCUT2D eigenvalue weighted by atomic mass is 15.0. The molecule has 1 unspecified atom stereocenters. The number of rotatable bonds is 5. The first-order valence-electron chi connectivity index (χ1n) is 9.21. The molecule has 0 radical (unpaired) electrons. The summed E-state index contributed by atoms with van der Waals surface area (Å²) in [5, 5.41) is 0. The lowest BCUT2D eigenvalue weighted by molar-refractivity contribution is 0.687. The summed E-state index contributed by atoms with van der Waals surface area (Å²) in [5.41, 5.74) is 9.43. The first-order chi connectivity index (χ1) is 13.8. The zero-order valence-electron chi connectivity index (χ0n) is 15.4. The molecule has 4 rings (SSSR count). The van der Waals surface area contributed by atoms with Crippen molar-refractivity contribution in [2.75, 3.05) is 0 Å². The number of imidazole rings is 1. The lowest BCUT2D eigenvalue weighted by Crippen LogP contribution is -2.32. The maximum atomic E-state index is 6.05. The SMILES string of the molecule is C#CC(N)c1c[nH]c(C(c2ccccc2)(c2ccccc2)c2ccccc2)n1. The molecule has 0 aliphatic carbocycles. The second kappa shape index (κ2) is 7.56. The molecular formula is C25H21N3. The van der Waals surface area contributed by atoms with Gasteiger partial charge in [-0.15, -0.1) is 6.42 Å². The molecule has 3 heteroatoms. The van der Waals surface area contributed by atoms with E-state index in [1.807, 2.05) is 60.8 Å². The van der Waals surface area contributed by atoms with Crippen LogP contribution in [0, 0.1) is 12.3 Å². The van der Waals surface area contributed by atoms with Crippen molar-refractivity contribution in [3.05, 3.63) is 125 Å². The number of aromatic amines is 1. The van der Waals surface area contributed by atoms with E-state index in [9.17, 15) is 0 Å². The zero-order valence-corrected chi connectivity index (χ0v) is 15.4. The highest BCUT2D eigenvalue weighted by molar-refractivity contribution is 5.56. The van der Waals surface area contributed by atoms with Gasteiger partial charge in [-0.3, -0.25) is 0 Å². The van der Waals surface area contributed by atoms with E-state index in [4.69, 9.17) is 17.1 Å². The monoisotopic (exact) mass is 363 g/mol. The Bertz CT molecular complexity index is 980. The summed E-state index contributed by atoms with van der Waals surface area (Å²) in [6.07, 6.45) is 7.34. The Labute approximate surface area is 165 Å². The van der Waals surface area contributed by atoms with Crippen molar-refractivity contribution < 1.29 is 0 Å².